The van der Waals surface area contributed by atoms with Crippen LogP contribution in [0.25, 0.3) is 0 Å². The van der Waals surface area contributed by atoms with Crippen molar-refractivity contribution >= 4 is 0 Å². The van der Waals surface area contributed by atoms with Crippen molar-refractivity contribution in [2.24, 2.45) is 5.92 Å². The van der Waals surface area contributed by atoms with Crippen LogP contribution in [-0.2, 0) is 0 Å². The molecule has 1 heterocycles. The lowest BCUT2D eigenvalue weighted by molar-refractivity contribution is -0.923. The second-order valence-electron chi connectivity index (χ2n) is 5.45. The zero-order valence-electron chi connectivity index (χ0n) is 10.6. The van der Waals surface area contributed by atoms with Crippen molar-refractivity contribution < 1.29 is 4.48 Å². The van der Waals surface area contributed by atoms with Crippen LogP contribution in [0.3, 0.4) is 0 Å². The second kappa shape index (κ2) is 4.63. The molecule has 0 aromatic rings. The third-order valence-corrected chi connectivity index (χ3v) is 3.97. The van der Waals surface area contributed by atoms with Gasteiger partial charge in [0.05, 0.1) is 20.1 Å². The summed E-state index contributed by atoms with van der Waals surface area (Å²) >= 11 is 0. The molecule has 0 saturated carbocycles. The fourth-order valence-electron chi connectivity index (χ4n) is 2.25. The molecule has 0 aromatic heterocycles. The molecule has 0 radical (unpaired) electrons. The Hall–Kier alpha value is -0.0800. The van der Waals surface area contributed by atoms with Gasteiger partial charge in [-0.05, 0) is 19.8 Å². The normalized spacial score (nSPS) is 32.1. The van der Waals surface area contributed by atoms with E-state index < -0.39 is 0 Å². The van der Waals surface area contributed by atoms with Crippen molar-refractivity contribution in [1.29, 1.82) is 0 Å². The molecule has 14 heavy (non-hydrogen) atoms. The van der Waals surface area contributed by atoms with Crippen molar-refractivity contribution in [3.05, 3.63) is 0 Å². The minimum absolute atomic E-state index is 0.735. The fourth-order valence-corrected chi connectivity index (χ4v) is 2.25. The Labute approximate surface area is 89.5 Å². The summed E-state index contributed by atoms with van der Waals surface area (Å²) in [6.45, 7) is 14.5. The van der Waals surface area contributed by atoms with Gasteiger partial charge >= 0.3 is 0 Å². The van der Waals surface area contributed by atoms with Crippen molar-refractivity contribution in [3.63, 3.8) is 0 Å². The molecule has 1 saturated heterocycles. The lowest BCUT2D eigenvalue weighted by Gasteiger charge is -2.45. The first-order chi connectivity index (χ1) is 6.48. The van der Waals surface area contributed by atoms with Gasteiger partial charge in [0, 0.05) is 19.0 Å². The summed E-state index contributed by atoms with van der Waals surface area (Å²) in [5.74, 6) is 0.776. The monoisotopic (exact) mass is 199 g/mol. The topological polar surface area (TPSA) is 3.24 Å². The van der Waals surface area contributed by atoms with Crippen molar-refractivity contribution in [1.82, 2.24) is 4.90 Å². The molecular weight excluding hydrogens is 172 g/mol. The molecule has 0 spiro atoms. The summed E-state index contributed by atoms with van der Waals surface area (Å²) in [6, 6.07) is 0.735. The van der Waals surface area contributed by atoms with Gasteiger partial charge in [0.1, 0.15) is 6.67 Å². The van der Waals surface area contributed by atoms with E-state index in [1.807, 2.05) is 0 Å². The maximum absolute atomic E-state index is 2.66. The predicted octanol–water partition coefficient (Wildman–Crippen LogP) is 2.16. The fraction of sp³-hybridized carbons (Fsp3) is 1.00. The van der Waals surface area contributed by atoms with Crippen LogP contribution in [0.4, 0.5) is 0 Å². The summed E-state index contributed by atoms with van der Waals surface area (Å²) in [5, 5.41) is 0. The predicted molar refractivity (Wildman–Crippen MR) is 62.1 cm³/mol. The standard InChI is InChI=1S/C12H27N2/c1-6-14(5)9-7-8-13(10-14)12(4)11(2)3/h11-12H,6-10H2,1-5H3/q+1/t12?,14-/m1/s1. The van der Waals surface area contributed by atoms with E-state index in [0.29, 0.717) is 0 Å². The van der Waals surface area contributed by atoms with Gasteiger partial charge in [0.2, 0.25) is 0 Å². The van der Waals surface area contributed by atoms with Crippen LogP contribution in [0, 0.1) is 5.92 Å². The highest BCUT2D eigenvalue weighted by molar-refractivity contribution is 4.70. The number of hydrogen-bond acceptors (Lipinski definition) is 1. The van der Waals surface area contributed by atoms with Crippen molar-refractivity contribution in [2.75, 3.05) is 33.4 Å². The van der Waals surface area contributed by atoms with E-state index in [0.717, 1.165) is 12.0 Å². The minimum atomic E-state index is 0.735. The summed E-state index contributed by atoms with van der Waals surface area (Å²) < 4.78 is 1.23. The van der Waals surface area contributed by atoms with Gasteiger partial charge in [-0.2, -0.15) is 0 Å². The van der Waals surface area contributed by atoms with E-state index in [1.54, 1.807) is 0 Å². The second-order valence-corrected chi connectivity index (χ2v) is 5.45. The molecule has 1 aliphatic heterocycles. The van der Waals surface area contributed by atoms with E-state index in [-0.39, 0.29) is 0 Å². The Bertz CT molecular complexity index is 179. The van der Waals surface area contributed by atoms with Crippen molar-refractivity contribution in [3.8, 4) is 0 Å². The van der Waals surface area contributed by atoms with Crippen LogP contribution in [0.15, 0.2) is 0 Å². The van der Waals surface area contributed by atoms with E-state index in [1.165, 1.54) is 37.2 Å². The van der Waals surface area contributed by atoms with Gasteiger partial charge < -0.3 is 4.48 Å². The molecule has 84 valence electrons. The smallest absolute Gasteiger partial charge is 0.135 e. The molecule has 1 rings (SSSR count). The Morgan fingerprint density at radius 2 is 1.93 bits per heavy atom. The van der Waals surface area contributed by atoms with Crippen LogP contribution in [0.2, 0.25) is 0 Å². The summed E-state index contributed by atoms with van der Waals surface area (Å²) in [4.78, 5) is 2.66. The van der Waals surface area contributed by atoms with Gasteiger partial charge in [-0.15, -0.1) is 0 Å². The molecule has 0 bridgehead atoms. The average Bonchev–Trinajstić information content (AvgIpc) is 2.16. The molecule has 1 aliphatic rings. The van der Waals surface area contributed by atoms with Crippen LogP contribution in [0.1, 0.15) is 34.1 Å². The summed E-state index contributed by atoms with van der Waals surface area (Å²) in [6.07, 6.45) is 1.36. The van der Waals surface area contributed by atoms with E-state index in [4.69, 9.17) is 0 Å². The Morgan fingerprint density at radius 3 is 2.43 bits per heavy atom. The Kier molecular flexibility index (Phi) is 3.96. The lowest BCUT2D eigenvalue weighted by Crippen LogP contribution is -2.59. The molecule has 0 amide bonds. The van der Waals surface area contributed by atoms with Gasteiger partial charge in [-0.3, -0.25) is 4.90 Å². The number of rotatable bonds is 3. The zero-order chi connectivity index (χ0) is 10.8. The first kappa shape index (κ1) is 12.0. The average molecular weight is 199 g/mol. The molecule has 1 fully saturated rings. The highest BCUT2D eigenvalue weighted by Gasteiger charge is 2.31. The van der Waals surface area contributed by atoms with E-state index in [9.17, 15) is 0 Å². The first-order valence-electron chi connectivity index (χ1n) is 6.06. The van der Waals surface area contributed by atoms with Crippen LogP contribution < -0.4 is 0 Å². The van der Waals surface area contributed by atoms with E-state index >= 15 is 0 Å². The molecule has 1 unspecified atom stereocenters. The van der Waals surface area contributed by atoms with Crippen molar-refractivity contribution in [2.45, 2.75) is 40.2 Å². The minimum Gasteiger partial charge on any atom is -0.314 e. The lowest BCUT2D eigenvalue weighted by atomic mass is 10.0. The molecule has 2 heteroatoms. The summed E-state index contributed by atoms with van der Waals surface area (Å²) in [7, 11) is 2.39. The molecule has 0 N–H and O–H groups in total. The zero-order valence-corrected chi connectivity index (χ0v) is 10.6. The molecule has 0 aliphatic carbocycles. The quantitative estimate of drug-likeness (QED) is 0.630. The maximum atomic E-state index is 2.66. The van der Waals surface area contributed by atoms with Crippen LogP contribution in [0.5, 0.6) is 0 Å². The van der Waals surface area contributed by atoms with Gasteiger partial charge in [0.15, 0.2) is 0 Å². The number of hydrogen-bond donors (Lipinski definition) is 0. The van der Waals surface area contributed by atoms with Gasteiger partial charge in [0.25, 0.3) is 0 Å². The van der Waals surface area contributed by atoms with Gasteiger partial charge in [-0.25, -0.2) is 0 Å². The Morgan fingerprint density at radius 1 is 1.29 bits per heavy atom. The highest BCUT2D eigenvalue weighted by atomic mass is 15.5. The molecule has 2 atom stereocenters. The number of nitrogens with zero attached hydrogens (tertiary/aromatic N) is 2. The first-order valence-corrected chi connectivity index (χ1v) is 6.06. The van der Waals surface area contributed by atoms with Crippen LogP contribution in [-0.4, -0.2) is 48.8 Å². The molecule has 0 aromatic carbocycles. The molecule has 2 nitrogen and oxygen atoms in total. The molecular formula is C12H27N2+. The maximum Gasteiger partial charge on any atom is 0.135 e. The Balaban J connectivity index is 2.56. The van der Waals surface area contributed by atoms with Gasteiger partial charge in [-0.1, -0.05) is 13.8 Å². The third-order valence-electron chi connectivity index (χ3n) is 3.97. The largest absolute Gasteiger partial charge is 0.314 e. The third kappa shape index (κ3) is 2.71. The SMILES string of the molecule is CC[N@+]1(C)CCCN(C(C)C(C)C)C1. The van der Waals surface area contributed by atoms with Crippen LogP contribution >= 0.6 is 0 Å². The van der Waals surface area contributed by atoms with E-state index in [2.05, 4.69) is 39.6 Å². The summed E-state index contributed by atoms with van der Waals surface area (Å²) in [5.41, 5.74) is 0. The number of quaternary nitrogens is 1. The highest BCUT2D eigenvalue weighted by Crippen LogP contribution is 2.19.